The molecule has 0 spiro atoms. The van der Waals surface area contributed by atoms with Gasteiger partial charge in [-0.15, -0.1) is 11.3 Å². The van der Waals surface area contributed by atoms with Crippen LogP contribution in [0.5, 0.6) is 5.75 Å². The van der Waals surface area contributed by atoms with Crippen molar-refractivity contribution in [3.63, 3.8) is 0 Å². The third-order valence-corrected chi connectivity index (χ3v) is 4.98. The average Bonchev–Trinajstić information content (AvgIpc) is 3.12. The lowest BCUT2D eigenvalue weighted by Gasteiger charge is -2.11. The molecular formula is C17H20O2S. The highest BCUT2D eigenvalue weighted by Crippen LogP contribution is 2.30. The van der Waals surface area contributed by atoms with Crippen LogP contribution in [0.15, 0.2) is 29.6 Å². The molecule has 3 heteroatoms. The van der Waals surface area contributed by atoms with Gasteiger partial charge < -0.3 is 9.84 Å². The molecule has 0 bridgehead atoms. The molecule has 2 heterocycles. The van der Waals surface area contributed by atoms with Crippen molar-refractivity contribution in [3.05, 3.63) is 51.2 Å². The normalized spacial score (nSPS) is 14.9. The van der Waals surface area contributed by atoms with Gasteiger partial charge in [0.2, 0.25) is 0 Å². The number of ether oxygens (including phenoxy) is 1. The van der Waals surface area contributed by atoms with Gasteiger partial charge in [0.25, 0.3) is 0 Å². The lowest BCUT2D eigenvalue weighted by molar-refractivity contribution is 0.170. The predicted octanol–water partition coefficient (Wildman–Crippen LogP) is 3.91. The summed E-state index contributed by atoms with van der Waals surface area (Å²) in [6.45, 7) is 2.94. The minimum atomic E-state index is -0.338. The molecule has 0 saturated carbocycles. The third-order valence-electron chi connectivity index (χ3n) is 3.92. The Morgan fingerprint density at radius 2 is 2.25 bits per heavy atom. The van der Waals surface area contributed by atoms with Gasteiger partial charge in [-0.05, 0) is 53.5 Å². The maximum absolute atomic E-state index is 10.4. The predicted molar refractivity (Wildman–Crippen MR) is 82.6 cm³/mol. The topological polar surface area (TPSA) is 29.5 Å². The lowest BCUT2D eigenvalue weighted by Crippen LogP contribution is -2.00. The first-order valence-corrected chi connectivity index (χ1v) is 8.15. The number of fused-ring (bicyclic) bond motifs is 1. The molecule has 0 radical (unpaired) electrons. The fraction of sp³-hybridized carbons (Fsp3) is 0.412. The molecule has 20 heavy (non-hydrogen) atoms. The Bertz CT molecular complexity index is 588. The molecule has 1 aromatic heterocycles. The summed E-state index contributed by atoms with van der Waals surface area (Å²) in [5.41, 5.74) is 3.88. The maximum Gasteiger partial charge on any atom is 0.122 e. The zero-order valence-electron chi connectivity index (χ0n) is 11.8. The van der Waals surface area contributed by atoms with E-state index in [0.29, 0.717) is 0 Å². The van der Waals surface area contributed by atoms with Crippen molar-refractivity contribution in [1.29, 1.82) is 0 Å². The van der Waals surface area contributed by atoms with Crippen LogP contribution in [0.2, 0.25) is 0 Å². The van der Waals surface area contributed by atoms with E-state index in [4.69, 9.17) is 4.74 Å². The van der Waals surface area contributed by atoms with Gasteiger partial charge in [-0.1, -0.05) is 19.1 Å². The number of rotatable bonds is 5. The lowest BCUT2D eigenvalue weighted by atomic mass is 10.0. The zero-order valence-corrected chi connectivity index (χ0v) is 12.6. The number of aliphatic hydroxyl groups is 1. The van der Waals surface area contributed by atoms with Gasteiger partial charge in [-0.2, -0.15) is 0 Å². The number of aliphatic hydroxyl groups excluding tert-OH is 1. The highest BCUT2D eigenvalue weighted by atomic mass is 32.1. The van der Waals surface area contributed by atoms with Crippen LogP contribution < -0.4 is 4.74 Å². The van der Waals surface area contributed by atoms with Crippen molar-refractivity contribution in [3.8, 4) is 5.75 Å². The van der Waals surface area contributed by atoms with E-state index in [0.717, 1.165) is 42.9 Å². The van der Waals surface area contributed by atoms with Crippen LogP contribution in [0.4, 0.5) is 0 Å². The quantitative estimate of drug-likeness (QED) is 0.904. The van der Waals surface area contributed by atoms with Gasteiger partial charge >= 0.3 is 0 Å². The number of aryl methyl sites for hydroxylation is 2. The average molecular weight is 288 g/mol. The Kier molecular flexibility index (Phi) is 4.08. The molecule has 1 N–H and O–H groups in total. The summed E-state index contributed by atoms with van der Waals surface area (Å²) in [6.07, 6.45) is 3.36. The Labute approximate surface area is 124 Å². The van der Waals surface area contributed by atoms with Crippen molar-refractivity contribution >= 4 is 11.3 Å². The molecule has 0 fully saturated rings. The van der Waals surface area contributed by atoms with Crippen LogP contribution >= 0.6 is 11.3 Å². The molecule has 0 saturated heterocycles. The second-order valence-corrected chi connectivity index (χ2v) is 6.21. The van der Waals surface area contributed by atoms with E-state index in [1.165, 1.54) is 16.7 Å². The van der Waals surface area contributed by atoms with Crippen LogP contribution in [-0.4, -0.2) is 11.7 Å². The van der Waals surface area contributed by atoms with Gasteiger partial charge in [0.05, 0.1) is 12.7 Å². The monoisotopic (exact) mass is 288 g/mol. The largest absolute Gasteiger partial charge is 0.493 e. The van der Waals surface area contributed by atoms with Crippen molar-refractivity contribution in [2.75, 3.05) is 6.61 Å². The van der Waals surface area contributed by atoms with Crippen molar-refractivity contribution in [2.45, 2.75) is 38.7 Å². The van der Waals surface area contributed by atoms with Crippen LogP contribution in [0, 0.1) is 0 Å². The SMILES string of the molecule is CCc1ccsc1C(O)CCc1ccc2c(c1)CCO2. The highest BCUT2D eigenvalue weighted by Gasteiger charge is 2.15. The van der Waals surface area contributed by atoms with Gasteiger partial charge in [0.1, 0.15) is 5.75 Å². The minimum absolute atomic E-state index is 0.338. The summed E-state index contributed by atoms with van der Waals surface area (Å²) in [5.74, 6) is 1.03. The molecule has 0 amide bonds. The summed E-state index contributed by atoms with van der Waals surface area (Å²) in [5, 5.41) is 12.4. The molecule has 2 nitrogen and oxygen atoms in total. The highest BCUT2D eigenvalue weighted by molar-refractivity contribution is 7.10. The Morgan fingerprint density at radius 3 is 3.10 bits per heavy atom. The third kappa shape index (κ3) is 2.74. The van der Waals surface area contributed by atoms with E-state index in [1.54, 1.807) is 11.3 Å². The first-order valence-electron chi connectivity index (χ1n) is 7.27. The fourth-order valence-corrected chi connectivity index (χ4v) is 3.78. The van der Waals surface area contributed by atoms with Crippen molar-refractivity contribution in [2.24, 2.45) is 0 Å². The molecule has 0 aliphatic carbocycles. The number of hydrogen-bond acceptors (Lipinski definition) is 3. The second kappa shape index (κ2) is 5.98. The smallest absolute Gasteiger partial charge is 0.122 e. The van der Waals surface area contributed by atoms with E-state index in [-0.39, 0.29) is 6.10 Å². The van der Waals surface area contributed by atoms with Crippen molar-refractivity contribution in [1.82, 2.24) is 0 Å². The van der Waals surface area contributed by atoms with Crippen LogP contribution in [-0.2, 0) is 19.3 Å². The molecule has 1 atom stereocenters. The van der Waals surface area contributed by atoms with E-state index in [9.17, 15) is 5.11 Å². The molecule has 106 valence electrons. The number of benzene rings is 1. The standard InChI is InChI=1S/C17H20O2S/c1-2-13-8-10-20-17(13)15(18)5-3-12-4-6-16-14(11-12)7-9-19-16/h4,6,8,10-11,15,18H,2-3,5,7,9H2,1H3. The van der Waals surface area contributed by atoms with Crippen molar-refractivity contribution < 1.29 is 9.84 Å². The first kappa shape index (κ1) is 13.7. The molecule has 1 aromatic carbocycles. The Morgan fingerprint density at radius 1 is 1.35 bits per heavy atom. The Balaban J connectivity index is 1.64. The first-order chi connectivity index (χ1) is 9.78. The van der Waals surface area contributed by atoms with Crippen LogP contribution in [0.25, 0.3) is 0 Å². The zero-order chi connectivity index (χ0) is 13.9. The van der Waals surface area contributed by atoms with Gasteiger partial charge in [0, 0.05) is 11.3 Å². The van der Waals surface area contributed by atoms with E-state index in [2.05, 4.69) is 36.6 Å². The summed E-state index contributed by atoms with van der Waals surface area (Å²) in [7, 11) is 0. The second-order valence-electron chi connectivity index (χ2n) is 5.26. The van der Waals surface area contributed by atoms with Crippen LogP contribution in [0.3, 0.4) is 0 Å². The van der Waals surface area contributed by atoms with E-state index >= 15 is 0 Å². The molecule has 2 aromatic rings. The summed E-state index contributed by atoms with van der Waals surface area (Å²) in [4.78, 5) is 1.14. The molecule has 3 rings (SSSR count). The minimum Gasteiger partial charge on any atom is -0.493 e. The Hall–Kier alpha value is -1.32. The maximum atomic E-state index is 10.4. The number of thiophene rings is 1. The summed E-state index contributed by atoms with van der Waals surface area (Å²) in [6, 6.07) is 8.53. The van der Waals surface area contributed by atoms with E-state index in [1.807, 2.05) is 0 Å². The summed E-state index contributed by atoms with van der Waals surface area (Å²) >= 11 is 1.67. The fourth-order valence-electron chi connectivity index (χ4n) is 2.76. The van der Waals surface area contributed by atoms with Crippen LogP contribution in [0.1, 0.15) is 41.0 Å². The summed E-state index contributed by atoms with van der Waals surface area (Å²) < 4.78 is 5.52. The molecule has 1 aliphatic rings. The van der Waals surface area contributed by atoms with E-state index < -0.39 is 0 Å². The molecular weight excluding hydrogens is 268 g/mol. The van der Waals surface area contributed by atoms with Gasteiger partial charge in [-0.3, -0.25) is 0 Å². The van der Waals surface area contributed by atoms with Gasteiger partial charge in [0.15, 0.2) is 0 Å². The molecule has 1 unspecified atom stereocenters. The number of hydrogen-bond donors (Lipinski definition) is 1. The molecule has 1 aliphatic heterocycles. The van der Waals surface area contributed by atoms with Gasteiger partial charge in [-0.25, -0.2) is 0 Å².